The Kier molecular flexibility index (Phi) is 6.02. The number of anilines is 1. The van der Waals surface area contributed by atoms with Crippen LogP contribution in [0.1, 0.15) is 18.4 Å². The van der Waals surface area contributed by atoms with Crippen LogP contribution >= 0.6 is 23.2 Å². The van der Waals surface area contributed by atoms with Crippen LogP contribution in [0.25, 0.3) is 0 Å². The fraction of sp³-hybridized carbons (Fsp3) is 0.176. The maximum atomic E-state index is 11.9. The van der Waals surface area contributed by atoms with Crippen LogP contribution in [0.3, 0.4) is 0 Å². The lowest BCUT2D eigenvalue weighted by atomic mass is 10.0. The van der Waals surface area contributed by atoms with Gasteiger partial charge in [-0.1, -0.05) is 60.5 Å². The van der Waals surface area contributed by atoms with E-state index in [9.17, 15) is 9.59 Å². The van der Waals surface area contributed by atoms with Crippen LogP contribution in [0.15, 0.2) is 48.5 Å². The molecule has 23 heavy (non-hydrogen) atoms. The molecule has 2 aromatic carbocycles. The van der Waals surface area contributed by atoms with Gasteiger partial charge in [-0.2, -0.15) is 0 Å². The molecule has 0 aromatic heterocycles. The van der Waals surface area contributed by atoms with Crippen LogP contribution in [0, 0.1) is 0 Å². The third-order valence-electron chi connectivity index (χ3n) is 3.26. The van der Waals surface area contributed by atoms with Crippen LogP contribution in [0.2, 0.25) is 10.0 Å². The first-order valence-electron chi connectivity index (χ1n) is 7.06. The first-order valence-corrected chi connectivity index (χ1v) is 7.81. The summed E-state index contributed by atoms with van der Waals surface area (Å²) in [7, 11) is 0. The number of carbonyl (C=O) groups is 2. The van der Waals surface area contributed by atoms with E-state index in [2.05, 4.69) is 10.6 Å². The smallest absolute Gasteiger partial charge is 0.313 e. The molecule has 1 atom stereocenters. The number of hydrogen-bond donors (Lipinski definition) is 2. The minimum atomic E-state index is -0.761. The summed E-state index contributed by atoms with van der Waals surface area (Å²) in [6.07, 6.45) is 0. The van der Waals surface area contributed by atoms with Crippen LogP contribution in [0.4, 0.5) is 5.69 Å². The zero-order valence-corrected chi connectivity index (χ0v) is 14.0. The predicted octanol–water partition coefficient (Wildman–Crippen LogP) is 3.85. The lowest BCUT2D eigenvalue weighted by molar-refractivity contribution is -0.136. The molecule has 2 N–H and O–H groups in total. The molecule has 0 spiro atoms. The van der Waals surface area contributed by atoms with Crippen molar-refractivity contribution < 1.29 is 9.59 Å². The Hall–Kier alpha value is -2.04. The molecule has 0 saturated heterocycles. The molecule has 0 radical (unpaired) electrons. The predicted molar refractivity (Wildman–Crippen MR) is 93.0 cm³/mol. The summed E-state index contributed by atoms with van der Waals surface area (Å²) in [6, 6.07) is 14.3. The average Bonchev–Trinajstić information content (AvgIpc) is 2.52. The number of halogens is 2. The number of nitrogens with one attached hydrogen (secondary N) is 2. The molecular weight excluding hydrogens is 335 g/mol. The molecule has 0 saturated carbocycles. The van der Waals surface area contributed by atoms with Gasteiger partial charge in [-0.15, -0.1) is 0 Å². The van der Waals surface area contributed by atoms with Crippen molar-refractivity contribution in [2.24, 2.45) is 0 Å². The third kappa shape index (κ3) is 5.27. The van der Waals surface area contributed by atoms with E-state index in [4.69, 9.17) is 23.2 Å². The van der Waals surface area contributed by atoms with E-state index in [1.165, 1.54) is 12.1 Å². The van der Waals surface area contributed by atoms with Crippen molar-refractivity contribution in [1.29, 1.82) is 0 Å². The van der Waals surface area contributed by atoms with Gasteiger partial charge < -0.3 is 10.6 Å². The molecule has 4 nitrogen and oxygen atoms in total. The fourth-order valence-electron chi connectivity index (χ4n) is 2.04. The van der Waals surface area contributed by atoms with Crippen LogP contribution < -0.4 is 10.6 Å². The number of amides is 2. The number of benzene rings is 2. The van der Waals surface area contributed by atoms with E-state index in [1.807, 2.05) is 37.3 Å². The zero-order chi connectivity index (χ0) is 16.8. The third-order valence-corrected chi connectivity index (χ3v) is 3.70. The lowest BCUT2D eigenvalue weighted by Gasteiger charge is -2.13. The summed E-state index contributed by atoms with van der Waals surface area (Å²) >= 11 is 11.7. The highest BCUT2D eigenvalue weighted by molar-refractivity contribution is 6.40. The van der Waals surface area contributed by atoms with Gasteiger partial charge in [0.2, 0.25) is 0 Å². The van der Waals surface area contributed by atoms with Crippen LogP contribution in [-0.4, -0.2) is 18.4 Å². The molecular formula is C17H16Cl2N2O2. The van der Waals surface area contributed by atoms with Crippen molar-refractivity contribution >= 4 is 40.7 Å². The fourth-order valence-corrected chi connectivity index (χ4v) is 2.57. The van der Waals surface area contributed by atoms with Gasteiger partial charge in [-0.05, 0) is 29.7 Å². The Morgan fingerprint density at radius 1 is 1.00 bits per heavy atom. The highest BCUT2D eigenvalue weighted by Crippen LogP contribution is 2.22. The molecule has 0 aliphatic heterocycles. The molecule has 2 amide bonds. The minimum absolute atomic E-state index is 0.105. The zero-order valence-electron chi connectivity index (χ0n) is 12.5. The molecule has 0 aliphatic carbocycles. The summed E-state index contributed by atoms with van der Waals surface area (Å²) in [5, 5.41) is 5.84. The normalized spacial score (nSPS) is 11.6. The summed E-state index contributed by atoms with van der Waals surface area (Å²) in [5.74, 6) is -1.36. The Morgan fingerprint density at radius 2 is 1.61 bits per heavy atom. The number of hydrogen-bond acceptors (Lipinski definition) is 2. The van der Waals surface area contributed by atoms with Gasteiger partial charge in [0.05, 0.1) is 0 Å². The lowest BCUT2D eigenvalue weighted by Crippen LogP contribution is -2.37. The Morgan fingerprint density at radius 3 is 2.22 bits per heavy atom. The first-order chi connectivity index (χ1) is 11.0. The maximum absolute atomic E-state index is 11.9. The Balaban J connectivity index is 1.89. The maximum Gasteiger partial charge on any atom is 0.313 e. The molecule has 0 bridgehead atoms. The van der Waals surface area contributed by atoms with Crippen LogP contribution in [-0.2, 0) is 9.59 Å². The molecule has 2 aromatic rings. The monoisotopic (exact) mass is 350 g/mol. The van der Waals surface area contributed by atoms with Gasteiger partial charge in [0.25, 0.3) is 0 Å². The molecule has 2 rings (SSSR count). The van der Waals surface area contributed by atoms with Crippen molar-refractivity contribution in [2.75, 3.05) is 11.9 Å². The van der Waals surface area contributed by atoms with Gasteiger partial charge >= 0.3 is 11.8 Å². The molecule has 0 unspecified atom stereocenters. The molecule has 6 heteroatoms. The number of carbonyl (C=O) groups excluding carboxylic acids is 2. The standard InChI is InChI=1S/C17H16Cl2N2O2/c1-11(12-5-3-2-4-6-12)10-20-16(22)17(23)21-15-8-13(18)7-14(19)9-15/h2-9,11H,10H2,1H3,(H,20,22)(H,21,23)/t11-/m1/s1. The molecule has 0 fully saturated rings. The summed E-state index contributed by atoms with van der Waals surface area (Å²) in [4.78, 5) is 23.7. The van der Waals surface area contributed by atoms with E-state index in [1.54, 1.807) is 6.07 Å². The Bertz CT molecular complexity index is 685. The highest BCUT2D eigenvalue weighted by atomic mass is 35.5. The van der Waals surface area contributed by atoms with Crippen molar-refractivity contribution in [3.05, 3.63) is 64.1 Å². The van der Waals surface area contributed by atoms with E-state index in [-0.39, 0.29) is 5.92 Å². The summed E-state index contributed by atoms with van der Waals surface area (Å²) in [6.45, 7) is 2.34. The summed E-state index contributed by atoms with van der Waals surface area (Å²) < 4.78 is 0. The second kappa shape index (κ2) is 7.99. The second-order valence-corrected chi connectivity index (χ2v) is 6.01. The topological polar surface area (TPSA) is 58.2 Å². The molecule has 120 valence electrons. The highest BCUT2D eigenvalue weighted by Gasteiger charge is 2.15. The van der Waals surface area contributed by atoms with Gasteiger partial charge in [0, 0.05) is 22.3 Å². The van der Waals surface area contributed by atoms with Crippen LogP contribution in [0.5, 0.6) is 0 Å². The van der Waals surface area contributed by atoms with Gasteiger partial charge in [0.1, 0.15) is 0 Å². The van der Waals surface area contributed by atoms with Crippen molar-refractivity contribution in [3.8, 4) is 0 Å². The molecule has 0 heterocycles. The van der Waals surface area contributed by atoms with E-state index in [0.29, 0.717) is 22.3 Å². The van der Waals surface area contributed by atoms with Gasteiger partial charge in [-0.3, -0.25) is 9.59 Å². The van der Waals surface area contributed by atoms with E-state index in [0.717, 1.165) is 5.56 Å². The second-order valence-electron chi connectivity index (χ2n) is 5.13. The SMILES string of the molecule is C[C@H](CNC(=O)C(=O)Nc1cc(Cl)cc(Cl)c1)c1ccccc1. The van der Waals surface area contributed by atoms with Gasteiger partial charge in [0.15, 0.2) is 0 Å². The van der Waals surface area contributed by atoms with Crippen molar-refractivity contribution in [3.63, 3.8) is 0 Å². The van der Waals surface area contributed by atoms with Crippen molar-refractivity contribution in [2.45, 2.75) is 12.8 Å². The first kappa shape index (κ1) is 17.3. The van der Waals surface area contributed by atoms with E-state index < -0.39 is 11.8 Å². The van der Waals surface area contributed by atoms with Gasteiger partial charge in [-0.25, -0.2) is 0 Å². The summed E-state index contributed by atoms with van der Waals surface area (Å²) in [5.41, 5.74) is 1.47. The number of rotatable bonds is 4. The largest absolute Gasteiger partial charge is 0.347 e. The quantitative estimate of drug-likeness (QED) is 0.822. The van der Waals surface area contributed by atoms with Crippen molar-refractivity contribution in [1.82, 2.24) is 5.32 Å². The molecule has 0 aliphatic rings. The average molecular weight is 351 g/mol. The minimum Gasteiger partial charge on any atom is -0.347 e. The van der Waals surface area contributed by atoms with E-state index >= 15 is 0 Å². The Labute approximate surface area is 144 Å².